The molecule has 1 aliphatic rings. The van der Waals surface area contributed by atoms with Crippen molar-refractivity contribution in [2.75, 3.05) is 64.4 Å². The number of rotatable bonds is 28. The van der Waals surface area contributed by atoms with Crippen molar-refractivity contribution in [3.63, 3.8) is 0 Å². The highest BCUT2D eigenvalue weighted by Gasteiger charge is 2.40. The van der Waals surface area contributed by atoms with Gasteiger partial charge in [-0.1, -0.05) is 91.9 Å². The molecular weight excluding hydrogens is 1650 g/mol. The van der Waals surface area contributed by atoms with Gasteiger partial charge in [0.1, 0.15) is 72.2 Å². The Hall–Kier alpha value is -14.0. The molecule has 126 heavy (non-hydrogen) atoms. The molecule has 0 bridgehead atoms. The molecule has 4 heterocycles. The number of fused-ring (bicyclic) bond motifs is 1. The number of carbonyl (C=O) groups is 14. The summed E-state index contributed by atoms with van der Waals surface area (Å²) >= 11 is 0.796. The number of hydrogen-bond acceptors (Lipinski definition) is 23. The Bertz CT molecular complexity index is 4880. The first-order chi connectivity index (χ1) is 60.4. The van der Waals surface area contributed by atoms with Gasteiger partial charge in [-0.2, -0.15) is 0 Å². The van der Waals surface area contributed by atoms with Gasteiger partial charge in [0.05, 0.1) is 55.8 Å². The number of guanidine groups is 2. The lowest BCUT2D eigenvalue weighted by Gasteiger charge is -2.33. The number of phenolic OH excluding ortho intramolecular Hbond substituents is 1. The molecule has 14 amide bonds. The van der Waals surface area contributed by atoms with Crippen LogP contribution >= 0.6 is 11.8 Å². The number of benzene rings is 4. The van der Waals surface area contributed by atoms with Crippen LogP contribution in [0, 0.1) is 10.8 Å². The summed E-state index contributed by atoms with van der Waals surface area (Å²) in [5.41, 5.74) is 25.0. The van der Waals surface area contributed by atoms with Gasteiger partial charge in [-0.25, -0.2) is 15.0 Å². The summed E-state index contributed by atoms with van der Waals surface area (Å²) in [6, 6.07) is 8.91. The van der Waals surface area contributed by atoms with Crippen LogP contribution in [0.5, 0.6) is 5.75 Å². The van der Waals surface area contributed by atoms with Crippen LogP contribution in [0.1, 0.15) is 79.2 Å². The van der Waals surface area contributed by atoms with Crippen molar-refractivity contribution in [3.8, 4) is 5.75 Å². The maximum absolute atomic E-state index is 15.5. The predicted molar refractivity (Wildman–Crippen MR) is 462 cm³/mol. The van der Waals surface area contributed by atoms with E-state index in [1.165, 1.54) is 73.5 Å². The van der Waals surface area contributed by atoms with E-state index in [2.05, 4.69) is 94.0 Å². The smallest absolute Gasteiger partial charge is 0.246 e. The molecule has 1 aliphatic heterocycles. The third-order valence-electron chi connectivity index (χ3n) is 20.5. The molecule has 1 fully saturated rings. The molecule has 4 aromatic carbocycles. The number of phenols is 1. The first kappa shape index (κ1) is 97.4. The Kier molecular flexibility index (Phi) is 38.1. The number of aliphatic hydroxyl groups excluding tert-OH is 1. The number of imidazole rings is 3. The summed E-state index contributed by atoms with van der Waals surface area (Å²) in [5, 5.41) is 72.9. The first-order valence-corrected chi connectivity index (χ1v) is 41.9. The highest BCUT2D eigenvalue weighted by molar-refractivity contribution is 8.00. The maximum Gasteiger partial charge on any atom is 0.246 e. The number of amides is 14. The highest BCUT2D eigenvalue weighted by Crippen LogP contribution is 2.23. The van der Waals surface area contributed by atoms with E-state index in [0.29, 0.717) is 27.8 Å². The van der Waals surface area contributed by atoms with Gasteiger partial charge in [0.2, 0.25) is 82.7 Å². The second-order valence-electron chi connectivity index (χ2n) is 30.0. The summed E-state index contributed by atoms with van der Waals surface area (Å²) in [4.78, 5) is 227. The molecule has 0 spiro atoms. The number of carbonyl (C=O) groups excluding carboxylic acids is 14. The number of aryl methyl sites for hydroxylation is 1. The van der Waals surface area contributed by atoms with Crippen molar-refractivity contribution in [2.45, 2.75) is 150 Å². The molecule has 43 nitrogen and oxygen atoms in total. The second-order valence-corrected chi connectivity index (χ2v) is 31.0. The second kappa shape index (κ2) is 49.3. The number of aromatic amines is 2. The molecule has 3 aromatic heterocycles. The maximum atomic E-state index is 15.5. The molecule has 0 saturated carbocycles. The van der Waals surface area contributed by atoms with Crippen LogP contribution in [0.2, 0.25) is 0 Å². The van der Waals surface area contributed by atoms with Gasteiger partial charge in [-0.3, -0.25) is 77.9 Å². The van der Waals surface area contributed by atoms with E-state index in [1.807, 2.05) is 24.3 Å². The third-order valence-corrected chi connectivity index (χ3v) is 21.5. The topological polar surface area (TPSA) is 669 Å². The Morgan fingerprint density at radius 3 is 1.67 bits per heavy atom. The third kappa shape index (κ3) is 30.8. The zero-order valence-corrected chi connectivity index (χ0v) is 70.7. The van der Waals surface area contributed by atoms with Crippen LogP contribution in [0.3, 0.4) is 0 Å². The molecule has 8 rings (SSSR count). The van der Waals surface area contributed by atoms with Crippen LogP contribution < -0.4 is 92.1 Å². The van der Waals surface area contributed by atoms with Crippen LogP contribution in [-0.2, 0) is 113 Å². The number of aromatic hydroxyl groups is 1. The van der Waals surface area contributed by atoms with Gasteiger partial charge < -0.3 is 127 Å². The monoisotopic (exact) mass is 1760 g/mol. The average molecular weight is 1760 g/mol. The largest absolute Gasteiger partial charge is 0.508 e. The van der Waals surface area contributed by atoms with E-state index < -0.39 is 199 Å². The van der Waals surface area contributed by atoms with E-state index in [0.717, 1.165) is 26.9 Å². The zero-order chi connectivity index (χ0) is 91.4. The summed E-state index contributed by atoms with van der Waals surface area (Å²) in [6.07, 6.45) is 5.94. The number of nitrogens with one attached hydrogen (secondary N) is 17. The fraction of sp³-hybridized carbons (Fsp3) is 0.427. The van der Waals surface area contributed by atoms with Gasteiger partial charge in [-0.15, -0.1) is 11.8 Å². The van der Waals surface area contributed by atoms with E-state index in [1.54, 1.807) is 62.5 Å². The number of hydrogen-bond donors (Lipinski definition) is 23. The summed E-state index contributed by atoms with van der Waals surface area (Å²) in [7, 11) is 2.81. The lowest BCUT2D eigenvalue weighted by Crippen LogP contribution is -2.61. The van der Waals surface area contributed by atoms with Gasteiger partial charge in [0.25, 0.3) is 0 Å². The Labute approximate surface area is 729 Å². The quantitative estimate of drug-likeness (QED) is 0.0124. The lowest BCUT2D eigenvalue weighted by atomic mass is 9.97. The summed E-state index contributed by atoms with van der Waals surface area (Å²) in [5.74, 6) is -15.5. The number of nitrogens with two attached hydrogens (primary N) is 4. The lowest BCUT2D eigenvalue weighted by molar-refractivity contribution is -0.143. The van der Waals surface area contributed by atoms with E-state index in [9.17, 15) is 39.0 Å². The van der Waals surface area contributed by atoms with E-state index >= 15 is 38.4 Å². The Morgan fingerprint density at radius 1 is 0.540 bits per heavy atom. The minimum Gasteiger partial charge on any atom is -0.508 e. The van der Waals surface area contributed by atoms with Crippen molar-refractivity contribution >= 4 is 117 Å². The number of H-pyrrole nitrogens is 2. The van der Waals surface area contributed by atoms with Gasteiger partial charge in [0, 0.05) is 102 Å². The minimum absolute atomic E-state index is 0.00164. The molecular formula is C82H111N27O16S. The first-order valence-electron chi connectivity index (χ1n) is 40.8. The molecule has 0 radical (unpaired) electrons. The fourth-order valence-corrected chi connectivity index (χ4v) is 14.6. The standard InChI is InChI=1S/C82H111N27O16S/c1-4-56-71(116)102-60(32-50-18-10-17-49-16-8-9-19-55(49)50)74(119)105-63(34-52-37-90-45-96-52)80(125)109(29-13-26-83)40-68(113)98-64(41-110)77(122)101-58(21-12-28-93-82(87)88)79(124)108(3)66(31-48-22-24-54(111)25-23-48)78(123)104-61(33-51-36-89-44-95-51)75(120)100-57(20-11-27-92-81(85)86)72(117)103-62(35-53-38-91-46-107(53)2)76(121)106-65(70(115)94-39-67(84)112)42-126-43-69(114)97-59(73(118)99-56)30-47-14-6-5-7-15-47/h5-10,14-19,22-25,36-38,44-46,56-66,110-111H,4,11-13,20-21,26-35,39-43,83H2,1-3H3,(H2,84,112)(H,89,95)(H,90,96)(H,94,115)(H,97,114)(H,98,113)(H,99,118)(H,100,120)(H,101,122)(H,102,116)(H,103,117)(H,104,123)(H,105,119)(H,106,121)(H4,85,86,92)(H4,87,88,93)/t56-,57-,58-,59-,60-,61-,62-,63-,64-,65-,66-/m0/s1. The van der Waals surface area contributed by atoms with Crippen LogP contribution in [-0.4, -0.2) is 275 Å². The van der Waals surface area contributed by atoms with Crippen LogP contribution in [0.15, 0.2) is 135 Å². The normalized spacial score (nSPS) is 21.5. The zero-order valence-electron chi connectivity index (χ0n) is 69.9. The number of likely N-dealkylation sites (N-methyl/N-ethyl adjacent to an activating group) is 1. The van der Waals surface area contributed by atoms with E-state index in [-0.39, 0.29) is 114 Å². The van der Waals surface area contributed by atoms with Crippen LogP contribution in [0.4, 0.5) is 0 Å². The van der Waals surface area contributed by atoms with Gasteiger partial charge in [0.15, 0.2) is 11.9 Å². The van der Waals surface area contributed by atoms with Crippen molar-refractivity contribution in [2.24, 2.45) is 30.0 Å². The van der Waals surface area contributed by atoms with Gasteiger partial charge >= 0.3 is 0 Å². The molecule has 1 saturated heterocycles. The molecule has 0 aliphatic carbocycles. The Morgan fingerprint density at radius 2 is 1.06 bits per heavy atom. The molecule has 27 N–H and O–H groups in total. The van der Waals surface area contributed by atoms with Crippen molar-refractivity contribution in [1.29, 1.82) is 10.8 Å². The highest BCUT2D eigenvalue weighted by atomic mass is 32.2. The molecule has 11 atom stereocenters. The molecule has 44 heteroatoms. The number of thioether (sulfide) groups is 1. The summed E-state index contributed by atoms with van der Waals surface area (Å²) in [6.45, 7) is -1.44. The Balaban J connectivity index is 1.22. The van der Waals surface area contributed by atoms with Crippen molar-refractivity contribution < 1.29 is 77.3 Å². The predicted octanol–water partition coefficient (Wildman–Crippen LogP) is -5.39. The molecule has 7 aromatic rings. The number of primary amides is 1. The van der Waals surface area contributed by atoms with Crippen LogP contribution in [0.25, 0.3) is 10.8 Å². The SMILES string of the molecule is CC[C@@H]1NC(=O)[C@H](Cc2ccccc2)NC(=O)CSC[C@@H](C(=O)NCC(N)=O)NC(=O)[C@H](Cc2cncn2C)NC(=O)[C@H](CCCNC(=N)N)NC(=O)[C@H](Cc2c[nH]cn2)NC(=O)[C@H](Cc2ccc(O)cc2)N(C)C(=O)[C@H](CCCNC(=N)N)NC(=O)[C@H](CO)NC(=O)CN(CCCN)C(=O)[C@H](Cc2c[nH]cn2)NC(=O)[C@H](Cc2cccc3ccccc23)NC1=O. The van der Waals surface area contributed by atoms with Crippen molar-refractivity contribution in [3.05, 3.63) is 168 Å². The number of aliphatic hydroxyl groups is 1. The molecule has 0 unspecified atom stereocenters. The number of aromatic nitrogens is 6. The minimum atomic E-state index is -1.88. The average Bonchev–Trinajstić information content (AvgIpc) is 0.824. The van der Waals surface area contributed by atoms with E-state index in [4.69, 9.17) is 33.8 Å². The number of nitrogens with zero attached hydrogens (tertiary/aromatic N) is 6. The van der Waals surface area contributed by atoms with Crippen molar-refractivity contribution in [1.82, 2.24) is 108 Å². The van der Waals surface area contributed by atoms with Gasteiger partial charge in [-0.05, 0) is 84.7 Å². The fourth-order valence-electron chi connectivity index (χ4n) is 13.7. The summed E-state index contributed by atoms with van der Waals surface area (Å²) < 4.78 is 1.53. The molecule has 676 valence electrons.